The average Bonchev–Trinajstić information content (AvgIpc) is 2.83. The molecule has 8 heteroatoms. The van der Waals surface area contributed by atoms with Crippen molar-refractivity contribution in [3.8, 4) is 6.07 Å². The SMILES string of the molecule is CC(C)[N+]1=C(SCCC#N)N=C2C1C(=O)N(C)C(=O)N2C. The number of aliphatic imine (C=N–C) groups is 1. The van der Waals surface area contributed by atoms with Gasteiger partial charge in [0.1, 0.15) is 0 Å². The van der Waals surface area contributed by atoms with Crippen LogP contribution in [0.25, 0.3) is 0 Å². The average molecular weight is 308 g/mol. The van der Waals surface area contributed by atoms with Crippen molar-refractivity contribution in [2.45, 2.75) is 32.4 Å². The van der Waals surface area contributed by atoms with E-state index in [1.165, 1.54) is 23.7 Å². The van der Waals surface area contributed by atoms with E-state index in [-0.39, 0.29) is 18.0 Å². The van der Waals surface area contributed by atoms with Gasteiger partial charge in [0.05, 0.1) is 12.1 Å². The largest absolute Gasteiger partial charge is 0.358 e. The van der Waals surface area contributed by atoms with E-state index in [1.807, 2.05) is 18.4 Å². The van der Waals surface area contributed by atoms with Crippen LogP contribution >= 0.6 is 11.8 Å². The molecule has 0 aromatic rings. The highest BCUT2D eigenvalue weighted by atomic mass is 32.2. The zero-order valence-corrected chi connectivity index (χ0v) is 13.3. The van der Waals surface area contributed by atoms with Gasteiger partial charge in [-0.15, -0.1) is 0 Å². The van der Waals surface area contributed by atoms with Gasteiger partial charge in [0.25, 0.3) is 17.8 Å². The fraction of sp³-hybridized carbons (Fsp3) is 0.615. The number of nitriles is 1. The second-order valence-corrected chi connectivity index (χ2v) is 6.21. The number of carbonyl (C=O) groups excluding carboxylic acids is 2. The Morgan fingerprint density at radius 1 is 1.38 bits per heavy atom. The number of amides is 3. The number of carbonyl (C=O) groups is 2. The minimum absolute atomic E-state index is 0.0692. The Hall–Kier alpha value is -1.88. The number of rotatable bonds is 3. The Balaban J connectivity index is 2.39. The fourth-order valence-electron chi connectivity index (χ4n) is 2.35. The Kier molecular flexibility index (Phi) is 4.32. The van der Waals surface area contributed by atoms with Crippen LogP contribution in [-0.4, -0.2) is 69.2 Å². The minimum atomic E-state index is -0.553. The number of urea groups is 1. The van der Waals surface area contributed by atoms with Gasteiger partial charge in [-0.25, -0.2) is 9.37 Å². The summed E-state index contributed by atoms with van der Waals surface area (Å²) in [6.45, 7) is 3.96. The lowest BCUT2D eigenvalue weighted by Crippen LogP contribution is -2.62. The minimum Gasteiger partial charge on any atom is -0.269 e. The Labute approximate surface area is 127 Å². The lowest BCUT2D eigenvalue weighted by atomic mass is 10.1. The van der Waals surface area contributed by atoms with Gasteiger partial charge in [-0.2, -0.15) is 5.26 Å². The first-order valence-electron chi connectivity index (χ1n) is 6.69. The van der Waals surface area contributed by atoms with E-state index >= 15 is 0 Å². The van der Waals surface area contributed by atoms with Crippen molar-refractivity contribution in [2.24, 2.45) is 4.99 Å². The topological polar surface area (TPSA) is 79.8 Å². The molecule has 0 aromatic heterocycles. The van der Waals surface area contributed by atoms with E-state index in [2.05, 4.69) is 11.1 Å². The van der Waals surface area contributed by atoms with Gasteiger partial charge in [-0.3, -0.25) is 14.6 Å². The smallest absolute Gasteiger partial charge is 0.269 e. The van der Waals surface area contributed by atoms with E-state index in [0.29, 0.717) is 23.2 Å². The molecular formula is C13H18N5O2S+. The molecule has 2 aliphatic rings. The van der Waals surface area contributed by atoms with Crippen molar-refractivity contribution < 1.29 is 14.2 Å². The highest BCUT2D eigenvalue weighted by Gasteiger charge is 2.53. The molecule has 0 aromatic carbocycles. The van der Waals surface area contributed by atoms with Crippen molar-refractivity contribution in [2.75, 3.05) is 19.8 Å². The summed E-state index contributed by atoms with van der Waals surface area (Å²) in [4.78, 5) is 31.4. The Bertz CT molecular complexity index is 590. The number of nitrogens with zero attached hydrogens (tertiary/aromatic N) is 5. The second kappa shape index (κ2) is 5.85. The van der Waals surface area contributed by atoms with Crippen molar-refractivity contribution in [1.82, 2.24) is 9.80 Å². The number of imide groups is 1. The summed E-state index contributed by atoms with van der Waals surface area (Å²) in [6.07, 6.45) is 0.415. The molecular weight excluding hydrogens is 290 g/mol. The third-order valence-electron chi connectivity index (χ3n) is 3.44. The maximum atomic E-state index is 12.4. The molecule has 21 heavy (non-hydrogen) atoms. The maximum absolute atomic E-state index is 12.4. The normalized spacial score (nSPS) is 21.9. The third-order valence-corrected chi connectivity index (χ3v) is 4.41. The molecule has 1 atom stereocenters. The summed E-state index contributed by atoms with van der Waals surface area (Å²) in [5.41, 5.74) is 0. The van der Waals surface area contributed by atoms with Crippen LogP contribution in [0.1, 0.15) is 20.3 Å². The predicted molar refractivity (Wildman–Crippen MR) is 80.2 cm³/mol. The van der Waals surface area contributed by atoms with Crippen LogP contribution in [0.3, 0.4) is 0 Å². The van der Waals surface area contributed by atoms with Crippen LogP contribution < -0.4 is 0 Å². The van der Waals surface area contributed by atoms with Gasteiger partial charge in [-0.05, 0) is 30.6 Å². The summed E-state index contributed by atoms with van der Waals surface area (Å²) >= 11 is 1.44. The first-order valence-corrected chi connectivity index (χ1v) is 7.67. The summed E-state index contributed by atoms with van der Waals surface area (Å²) in [7, 11) is 3.11. The number of thioether (sulfide) groups is 1. The maximum Gasteiger partial charge on any atom is 0.358 e. The Morgan fingerprint density at radius 2 is 2.05 bits per heavy atom. The molecule has 3 amide bonds. The van der Waals surface area contributed by atoms with Crippen LogP contribution in [0.5, 0.6) is 0 Å². The molecule has 1 fully saturated rings. The summed E-state index contributed by atoms with van der Waals surface area (Å²) in [6, 6.07) is 1.23. The summed E-state index contributed by atoms with van der Waals surface area (Å²) in [5.74, 6) is 0.818. The molecule has 0 saturated carbocycles. The molecule has 1 saturated heterocycles. The van der Waals surface area contributed by atoms with E-state index in [9.17, 15) is 9.59 Å². The third kappa shape index (κ3) is 2.53. The standard InChI is InChI=1S/C13H18N5O2S/c1-8(2)18-9-10(15-12(18)21-7-5-6-14)16(3)13(20)17(4)11(9)19/h8-9H,5,7H2,1-4H3/q+1. The molecule has 0 aliphatic carbocycles. The molecule has 0 radical (unpaired) electrons. The Morgan fingerprint density at radius 3 is 2.62 bits per heavy atom. The quantitative estimate of drug-likeness (QED) is 0.568. The van der Waals surface area contributed by atoms with E-state index in [4.69, 9.17) is 5.26 Å². The second-order valence-electron chi connectivity index (χ2n) is 5.15. The monoisotopic (exact) mass is 308 g/mol. The van der Waals surface area contributed by atoms with Crippen LogP contribution in [0.2, 0.25) is 0 Å². The van der Waals surface area contributed by atoms with Crippen molar-refractivity contribution in [3.05, 3.63) is 0 Å². The number of likely N-dealkylation sites (N-methyl/N-ethyl adjacent to an activating group) is 2. The van der Waals surface area contributed by atoms with Gasteiger partial charge < -0.3 is 0 Å². The lowest BCUT2D eigenvalue weighted by Gasteiger charge is -2.31. The van der Waals surface area contributed by atoms with Gasteiger partial charge in [-0.1, -0.05) is 0 Å². The highest BCUT2D eigenvalue weighted by molar-refractivity contribution is 8.13. The van der Waals surface area contributed by atoms with E-state index < -0.39 is 6.04 Å². The fourth-order valence-corrected chi connectivity index (χ4v) is 3.35. The molecule has 0 bridgehead atoms. The molecule has 7 nitrogen and oxygen atoms in total. The van der Waals surface area contributed by atoms with E-state index in [1.54, 1.807) is 7.05 Å². The summed E-state index contributed by atoms with van der Waals surface area (Å²) < 4.78 is 1.92. The molecule has 0 spiro atoms. The molecule has 2 aliphatic heterocycles. The van der Waals surface area contributed by atoms with Gasteiger partial charge in [0.15, 0.2) is 0 Å². The lowest BCUT2D eigenvalue weighted by molar-refractivity contribution is -0.563. The zero-order chi connectivity index (χ0) is 15.7. The number of amidine groups is 2. The van der Waals surface area contributed by atoms with Crippen molar-refractivity contribution >= 4 is 34.7 Å². The molecule has 112 valence electrons. The van der Waals surface area contributed by atoms with Gasteiger partial charge in [0, 0.05) is 26.3 Å². The molecule has 1 unspecified atom stereocenters. The van der Waals surface area contributed by atoms with Crippen LogP contribution in [0.15, 0.2) is 4.99 Å². The first-order chi connectivity index (χ1) is 9.90. The van der Waals surface area contributed by atoms with Crippen molar-refractivity contribution in [3.63, 3.8) is 0 Å². The van der Waals surface area contributed by atoms with E-state index in [0.717, 1.165) is 4.90 Å². The predicted octanol–water partition coefficient (Wildman–Crippen LogP) is 0.715. The molecule has 2 rings (SSSR count). The number of hydrogen-bond acceptors (Lipinski definition) is 5. The molecule has 0 N–H and O–H groups in total. The van der Waals surface area contributed by atoms with Crippen LogP contribution in [0.4, 0.5) is 4.79 Å². The number of hydrogen-bond donors (Lipinski definition) is 0. The number of fused-ring (bicyclic) bond motifs is 1. The van der Waals surface area contributed by atoms with Crippen molar-refractivity contribution in [1.29, 1.82) is 5.26 Å². The zero-order valence-electron chi connectivity index (χ0n) is 12.5. The highest BCUT2D eigenvalue weighted by Crippen LogP contribution is 2.24. The van der Waals surface area contributed by atoms with Gasteiger partial charge >= 0.3 is 11.2 Å². The molecule has 2 heterocycles. The first kappa shape index (κ1) is 15.5. The summed E-state index contributed by atoms with van der Waals surface area (Å²) in [5, 5.41) is 9.34. The van der Waals surface area contributed by atoms with Crippen LogP contribution in [-0.2, 0) is 4.79 Å². The van der Waals surface area contributed by atoms with Crippen LogP contribution in [0, 0.1) is 11.3 Å². The van der Waals surface area contributed by atoms with Gasteiger partial charge in [0.2, 0.25) is 0 Å².